The zero-order valence-corrected chi connectivity index (χ0v) is 19.9. The molecule has 1 aliphatic rings. The molecule has 0 aliphatic carbocycles. The van der Waals surface area contributed by atoms with Crippen molar-refractivity contribution in [2.75, 3.05) is 13.6 Å². The van der Waals surface area contributed by atoms with Crippen LogP contribution in [0.3, 0.4) is 0 Å². The Bertz CT molecular complexity index is 1320. The third-order valence-corrected chi connectivity index (χ3v) is 7.02. The second-order valence-electron chi connectivity index (χ2n) is 8.38. The van der Waals surface area contributed by atoms with E-state index in [4.69, 9.17) is 5.14 Å². The molecule has 0 fully saturated rings. The van der Waals surface area contributed by atoms with E-state index in [0.717, 1.165) is 22.3 Å². The molecule has 0 bridgehead atoms. The van der Waals surface area contributed by atoms with Crippen LogP contribution in [-0.2, 0) is 21.2 Å². The van der Waals surface area contributed by atoms with Crippen LogP contribution in [0.4, 0.5) is 0 Å². The van der Waals surface area contributed by atoms with Gasteiger partial charge in [-0.2, -0.15) is 0 Å². The Morgan fingerprint density at radius 2 is 1.59 bits per heavy atom. The van der Waals surface area contributed by atoms with E-state index >= 15 is 0 Å². The molecule has 1 atom stereocenters. The number of primary sulfonamides is 1. The molecule has 1 aliphatic heterocycles. The first-order chi connectivity index (χ1) is 16.2. The number of sulfonamides is 1. The lowest BCUT2D eigenvalue weighted by Crippen LogP contribution is -2.39. The van der Waals surface area contributed by atoms with Crippen molar-refractivity contribution in [2.24, 2.45) is 5.14 Å². The van der Waals surface area contributed by atoms with E-state index < -0.39 is 22.0 Å². The molecule has 1 unspecified atom stereocenters. The second kappa shape index (κ2) is 9.42. The predicted octanol–water partition coefficient (Wildman–Crippen LogP) is 3.58. The quantitative estimate of drug-likeness (QED) is 0.539. The number of hydrazine groups is 1. The lowest BCUT2D eigenvalue weighted by atomic mass is 9.92. The maximum absolute atomic E-state index is 12.6. The van der Waals surface area contributed by atoms with E-state index in [1.54, 1.807) is 17.1 Å². The summed E-state index contributed by atoms with van der Waals surface area (Å²) in [5, 5.41) is 19.2. The normalized spacial score (nSPS) is 16.8. The van der Waals surface area contributed by atoms with Gasteiger partial charge in [0.2, 0.25) is 10.0 Å². The summed E-state index contributed by atoms with van der Waals surface area (Å²) >= 11 is 0. The van der Waals surface area contributed by atoms with Gasteiger partial charge in [0, 0.05) is 19.2 Å². The molecule has 0 aromatic heterocycles. The summed E-state index contributed by atoms with van der Waals surface area (Å²) < 4.78 is 23.5. The van der Waals surface area contributed by atoms with Crippen molar-refractivity contribution in [3.8, 4) is 0 Å². The van der Waals surface area contributed by atoms with Crippen LogP contribution in [0.2, 0.25) is 0 Å². The van der Waals surface area contributed by atoms with Crippen molar-refractivity contribution in [3.63, 3.8) is 0 Å². The average Bonchev–Trinajstić information content (AvgIpc) is 3.10. The highest BCUT2D eigenvalue weighted by molar-refractivity contribution is 7.89. The van der Waals surface area contributed by atoms with Crippen LogP contribution in [0.1, 0.15) is 28.3 Å². The Morgan fingerprint density at radius 1 is 0.971 bits per heavy atom. The molecule has 0 amide bonds. The molecule has 3 aromatic rings. The summed E-state index contributed by atoms with van der Waals surface area (Å²) in [4.78, 5) is 12.6. The molecule has 0 spiro atoms. The van der Waals surface area contributed by atoms with E-state index in [0.29, 0.717) is 18.5 Å². The van der Waals surface area contributed by atoms with Crippen LogP contribution in [0.15, 0.2) is 89.5 Å². The van der Waals surface area contributed by atoms with Crippen LogP contribution in [0.5, 0.6) is 0 Å². The Labute approximate surface area is 199 Å². The molecule has 0 saturated heterocycles. The molecule has 0 saturated carbocycles. The minimum Gasteiger partial charge on any atom is -0.477 e. The first-order valence-electron chi connectivity index (χ1n) is 10.9. The highest BCUT2D eigenvalue weighted by Gasteiger charge is 2.41. The predicted molar refractivity (Wildman–Crippen MR) is 131 cm³/mol. The minimum atomic E-state index is -3.83. The van der Waals surface area contributed by atoms with Crippen molar-refractivity contribution >= 4 is 21.6 Å². The van der Waals surface area contributed by atoms with Crippen LogP contribution in [-0.4, -0.2) is 43.1 Å². The lowest BCUT2D eigenvalue weighted by molar-refractivity contribution is -0.136. The number of aliphatic carboxylic acids is 1. The fraction of sp³-hybridized carbons (Fsp3) is 0.192. The van der Waals surface area contributed by atoms with Gasteiger partial charge < -0.3 is 5.11 Å². The highest BCUT2D eigenvalue weighted by atomic mass is 32.2. The largest absolute Gasteiger partial charge is 0.477 e. The Kier molecular flexibility index (Phi) is 6.56. The zero-order valence-electron chi connectivity index (χ0n) is 19.0. The summed E-state index contributed by atoms with van der Waals surface area (Å²) in [7, 11) is -1.98. The number of aryl methyl sites for hydroxylation is 1. The average molecular weight is 478 g/mol. The van der Waals surface area contributed by atoms with Crippen LogP contribution in [0.25, 0.3) is 5.57 Å². The summed E-state index contributed by atoms with van der Waals surface area (Å²) in [6.07, 6.45) is 0.667. The summed E-state index contributed by atoms with van der Waals surface area (Å²) in [5.41, 5.74) is 4.62. The van der Waals surface area contributed by atoms with Gasteiger partial charge in [-0.15, -0.1) is 0 Å². The zero-order chi connectivity index (χ0) is 24.5. The van der Waals surface area contributed by atoms with E-state index in [2.05, 4.69) is 0 Å². The van der Waals surface area contributed by atoms with Gasteiger partial charge in [-0.3, -0.25) is 5.01 Å². The number of carboxylic acids is 1. The van der Waals surface area contributed by atoms with Gasteiger partial charge in [0.05, 0.1) is 10.9 Å². The molecule has 7 nitrogen and oxygen atoms in total. The van der Waals surface area contributed by atoms with Crippen molar-refractivity contribution < 1.29 is 18.3 Å². The Balaban J connectivity index is 1.81. The van der Waals surface area contributed by atoms with Crippen LogP contribution in [0, 0.1) is 6.92 Å². The molecule has 3 aromatic carbocycles. The van der Waals surface area contributed by atoms with Gasteiger partial charge in [-0.25, -0.2) is 23.4 Å². The van der Waals surface area contributed by atoms with Crippen molar-refractivity contribution in [2.45, 2.75) is 24.3 Å². The number of carbonyl (C=O) groups is 1. The van der Waals surface area contributed by atoms with Crippen LogP contribution < -0.4 is 5.14 Å². The van der Waals surface area contributed by atoms with E-state index in [9.17, 15) is 18.3 Å². The maximum Gasteiger partial charge on any atom is 0.353 e. The summed E-state index contributed by atoms with van der Waals surface area (Å²) in [6, 6.07) is 23.5. The van der Waals surface area contributed by atoms with Crippen molar-refractivity contribution in [1.82, 2.24) is 10.0 Å². The van der Waals surface area contributed by atoms with Crippen molar-refractivity contribution in [1.29, 1.82) is 0 Å². The molecule has 3 N–H and O–H groups in total. The standard InChI is InChI=1S/C26H27N3O4S/c1-18-8-10-20(11-9-18)23-24(21-12-14-22(15-13-21)34(27,32)33)28(2)29(25(23)26(30)31)17-16-19-6-4-3-5-7-19/h3-15,24H,16-17H2,1-2H3,(H,30,31)(H2,27,32,33). The van der Waals surface area contributed by atoms with Gasteiger partial charge in [-0.1, -0.05) is 72.3 Å². The second-order valence-corrected chi connectivity index (χ2v) is 9.94. The molecular formula is C26H27N3O4S. The minimum absolute atomic E-state index is 0.0113. The smallest absolute Gasteiger partial charge is 0.353 e. The molecule has 8 heteroatoms. The Morgan fingerprint density at radius 3 is 2.15 bits per heavy atom. The molecule has 176 valence electrons. The number of likely N-dealkylation sites (N-methyl/N-ethyl adjacent to an activating group) is 1. The maximum atomic E-state index is 12.6. The number of benzene rings is 3. The van der Waals surface area contributed by atoms with Crippen molar-refractivity contribution in [3.05, 3.63) is 107 Å². The molecule has 0 radical (unpaired) electrons. The van der Waals surface area contributed by atoms with E-state index in [1.165, 1.54) is 12.1 Å². The summed E-state index contributed by atoms with van der Waals surface area (Å²) in [6.45, 7) is 2.45. The molecule has 34 heavy (non-hydrogen) atoms. The molecular weight excluding hydrogens is 450 g/mol. The SMILES string of the molecule is Cc1ccc(C2=C(C(=O)O)N(CCc3ccccc3)N(C)C2c2ccc(S(N)(=O)=O)cc2)cc1. The van der Waals surface area contributed by atoms with Gasteiger partial charge >= 0.3 is 5.97 Å². The number of nitrogens with zero attached hydrogens (tertiary/aromatic N) is 2. The fourth-order valence-electron chi connectivity index (χ4n) is 4.38. The number of hydrogen-bond donors (Lipinski definition) is 2. The number of rotatable bonds is 7. The monoisotopic (exact) mass is 477 g/mol. The Hall–Kier alpha value is -3.46. The lowest BCUT2D eigenvalue weighted by Gasteiger charge is -2.32. The number of nitrogens with two attached hydrogens (primary N) is 1. The third kappa shape index (κ3) is 4.75. The number of carboxylic acid groups (broad SMARTS) is 1. The van der Waals surface area contributed by atoms with Gasteiger partial charge in [0.15, 0.2) is 0 Å². The highest BCUT2D eigenvalue weighted by Crippen LogP contribution is 2.45. The molecule has 4 rings (SSSR count). The number of hydrogen-bond acceptors (Lipinski definition) is 5. The topological polar surface area (TPSA) is 104 Å². The van der Waals surface area contributed by atoms with Crippen LogP contribution >= 0.6 is 0 Å². The first-order valence-corrected chi connectivity index (χ1v) is 12.4. The third-order valence-electron chi connectivity index (χ3n) is 6.09. The van der Waals surface area contributed by atoms with E-state index in [-0.39, 0.29) is 10.6 Å². The first kappa shape index (κ1) is 23.7. The fourth-order valence-corrected chi connectivity index (χ4v) is 4.89. The van der Waals surface area contributed by atoms with Gasteiger partial charge in [-0.05, 0) is 42.2 Å². The molecule has 1 heterocycles. The van der Waals surface area contributed by atoms with Gasteiger partial charge in [0.1, 0.15) is 5.70 Å². The van der Waals surface area contributed by atoms with E-state index in [1.807, 2.05) is 73.6 Å². The van der Waals surface area contributed by atoms with Gasteiger partial charge in [0.25, 0.3) is 0 Å². The summed E-state index contributed by atoms with van der Waals surface area (Å²) in [5.74, 6) is -1.01.